The lowest BCUT2D eigenvalue weighted by molar-refractivity contribution is -0.144. The molecule has 0 heterocycles. The number of aliphatic carboxylic acids is 2. The first-order valence-corrected chi connectivity index (χ1v) is 30.0. The Balaban J connectivity index is -0.00000128. The SMILES string of the molecule is CC(=O)C[C@@H](CCC(=O)NCCOCCOCC(=O)CCCOCCOCC(=O)C(C)C)C(=O)O.CC(=O)C[C@@H](CCC(=O)NCCOCCOCC(=O)CCCOCCOCC(=O)C(C)C)C(=O)O.CCC(=O)CCCOCCC(=O)C(C)(C)C. The predicted octanol–water partition coefficient (Wildman–Crippen LogP) is 5.17. The average molecular weight is 1240 g/mol. The van der Waals surface area contributed by atoms with Gasteiger partial charge in [0.2, 0.25) is 11.8 Å². The van der Waals surface area contributed by atoms with E-state index in [4.69, 9.17) is 52.8 Å². The Kier molecular flexibility index (Phi) is 55.8. The fourth-order valence-corrected chi connectivity index (χ4v) is 6.64. The van der Waals surface area contributed by atoms with Crippen LogP contribution in [0.25, 0.3) is 0 Å². The second kappa shape index (κ2) is 56.4. The lowest BCUT2D eigenvalue weighted by Gasteiger charge is -2.16. The van der Waals surface area contributed by atoms with Crippen LogP contribution in [0.5, 0.6) is 0 Å². The molecule has 498 valence electrons. The van der Waals surface area contributed by atoms with Gasteiger partial charge >= 0.3 is 11.9 Å². The number of nitrogens with one attached hydrogen (secondary N) is 2. The molecule has 2 atom stereocenters. The molecular weight excluding hydrogens is 1130 g/mol. The van der Waals surface area contributed by atoms with Crippen molar-refractivity contribution in [1.82, 2.24) is 10.6 Å². The molecule has 0 saturated heterocycles. The van der Waals surface area contributed by atoms with E-state index in [2.05, 4.69) is 10.6 Å². The molecule has 0 radical (unpaired) electrons. The molecular formula is C61H106N2O23. The van der Waals surface area contributed by atoms with Gasteiger partial charge in [-0.15, -0.1) is 0 Å². The Bertz CT molecular complexity index is 1820. The van der Waals surface area contributed by atoms with Gasteiger partial charge in [0.1, 0.15) is 49.6 Å². The highest BCUT2D eigenvalue weighted by atomic mass is 16.5. The van der Waals surface area contributed by atoms with E-state index < -0.39 is 23.8 Å². The first kappa shape index (κ1) is 85.1. The van der Waals surface area contributed by atoms with E-state index in [1.807, 2.05) is 55.4 Å². The summed E-state index contributed by atoms with van der Waals surface area (Å²) in [7, 11) is 0. The summed E-state index contributed by atoms with van der Waals surface area (Å²) in [4.78, 5) is 136. The molecule has 25 nitrogen and oxygen atoms in total. The molecule has 0 bridgehead atoms. The van der Waals surface area contributed by atoms with Crippen molar-refractivity contribution in [3.05, 3.63) is 0 Å². The van der Waals surface area contributed by atoms with Crippen molar-refractivity contribution in [2.45, 2.75) is 159 Å². The van der Waals surface area contributed by atoms with Gasteiger partial charge in [0.05, 0.1) is 84.5 Å². The molecule has 0 aliphatic carbocycles. The lowest BCUT2D eigenvalue weighted by Crippen LogP contribution is -2.29. The Morgan fingerprint density at radius 3 is 1.02 bits per heavy atom. The Hall–Kier alpha value is -5.12. The van der Waals surface area contributed by atoms with Gasteiger partial charge in [-0.05, 0) is 46.0 Å². The minimum Gasteiger partial charge on any atom is -0.481 e. The minimum atomic E-state index is -1.08. The monoisotopic (exact) mass is 1230 g/mol. The third kappa shape index (κ3) is 59.2. The standard InChI is InChI=1S/2C24H41NO10.C13H24O3/c2*1-18(2)22(28)17-35-14-11-32-9-4-5-21(27)16-34-13-12-33-10-8-25-23(29)7-6-20(24(30)31)15-19(3)26;1-5-11(14)7-6-9-16-10-8-12(15)13(2,3)4/h2*18,20H,4-17H2,1-3H3,(H,25,29)(H,30,31);5-10H2,1-4H3/t2*20-;/m11./s1. The van der Waals surface area contributed by atoms with Gasteiger partial charge in [-0.1, -0.05) is 55.4 Å². The Morgan fingerprint density at radius 1 is 0.395 bits per heavy atom. The van der Waals surface area contributed by atoms with E-state index in [1.54, 1.807) is 0 Å². The van der Waals surface area contributed by atoms with E-state index in [0.717, 1.165) is 6.42 Å². The number of carboxylic acid groups (broad SMARTS) is 2. The fourth-order valence-electron chi connectivity index (χ4n) is 6.64. The molecule has 4 N–H and O–H groups in total. The first-order valence-electron chi connectivity index (χ1n) is 30.0. The summed E-state index contributed by atoms with van der Waals surface area (Å²) in [6, 6.07) is 0. The number of amides is 2. The number of carboxylic acids is 2. The molecule has 0 rings (SSSR count). The summed E-state index contributed by atoms with van der Waals surface area (Å²) in [5.74, 6) is -4.48. The molecule has 0 aromatic carbocycles. The van der Waals surface area contributed by atoms with E-state index in [-0.39, 0.29) is 193 Å². The number of hydrogen-bond donors (Lipinski definition) is 4. The zero-order chi connectivity index (χ0) is 65.6. The number of hydrogen-bond acceptors (Lipinski definition) is 21. The highest BCUT2D eigenvalue weighted by molar-refractivity contribution is 5.85. The molecule has 86 heavy (non-hydrogen) atoms. The van der Waals surface area contributed by atoms with Gasteiger partial charge in [0.25, 0.3) is 0 Å². The molecule has 0 unspecified atom stereocenters. The van der Waals surface area contributed by atoms with Crippen LogP contribution in [0.2, 0.25) is 0 Å². The van der Waals surface area contributed by atoms with Crippen LogP contribution in [0.3, 0.4) is 0 Å². The molecule has 0 saturated carbocycles. The summed E-state index contributed by atoms with van der Waals surface area (Å²) in [6.07, 6.45) is 4.32. The second-order valence-corrected chi connectivity index (χ2v) is 21.9. The van der Waals surface area contributed by atoms with Crippen LogP contribution in [-0.4, -0.2) is 212 Å². The summed E-state index contributed by atoms with van der Waals surface area (Å²) in [5, 5.41) is 23.3. The summed E-state index contributed by atoms with van der Waals surface area (Å²) >= 11 is 0. The highest BCUT2D eigenvalue weighted by Crippen LogP contribution is 2.17. The molecule has 0 aliphatic heterocycles. The summed E-state index contributed by atoms with van der Waals surface area (Å²) in [5.41, 5.74) is -0.276. The van der Waals surface area contributed by atoms with Crippen molar-refractivity contribution in [2.24, 2.45) is 29.1 Å². The largest absolute Gasteiger partial charge is 0.481 e. The maximum atomic E-state index is 11.8. The number of ketones is 8. The molecule has 2 amide bonds. The quantitative estimate of drug-likeness (QED) is 0.0570. The van der Waals surface area contributed by atoms with E-state index >= 15 is 0 Å². The molecule has 25 heteroatoms. The van der Waals surface area contributed by atoms with Gasteiger partial charge in [-0.3, -0.25) is 47.9 Å². The predicted molar refractivity (Wildman–Crippen MR) is 316 cm³/mol. The smallest absolute Gasteiger partial charge is 0.306 e. The van der Waals surface area contributed by atoms with Crippen molar-refractivity contribution in [3.8, 4) is 0 Å². The maximum absolute atomic E-state index is 11.8. The van der Waals surface area contributed by atoms with Crippen molar-refractivity contribution in [1.29, 1.82) is 0 Å². The maximum Gasteiger partial charge on any atom is 0.306 e. The van der Waals surface area contributed by atoms with Crippen molar-refractivity contribution < 1.29 is 110 Å². The number of rotatable bonds is 56. The third-order valence-electron chi connectivity index (χ3n) is 12.1. The van der Waals surface area contributed by atoms with Crippen LogP contribution < -0.4 is 10.6 Å². The molecule has 0 aromatic heterocycles. The first-order chi connectivity index (χ1) is 40.6. The Morgan fingerprint density at radius 2 is 0.709 bits per heavy atom. The third-order valence-corrected chi connectivity index (χ3v) is 12.1. The van der Waals surface area contributed by atoms with Gasteiger partial charge in [0, 0.05) is 108 Å². The van der Waals surface area contributed by atoms with Crippen LogP contribution >= 0.6 is 0 Å². The van der Waals surface area contributed by atoms with Crippen molar-refractivity contribution in [3.63, 3.8) is 0 Å². The van der Waals surface area contributed by atoms with Gasteiger partial charge in [-0.2, -0.15) is 0 Å². The van der Waals surface area contributed by atoms with Gasteiger partial charge < -0.3 is 73.1 Å². The van der Waals surface area contributed by atoms with Crippen LogP contribution in [0.1, 0.15) is 159 Å². The second-order valence-electron chi connectivity index (χ2n) is 21.9. The minimum absolute atomic E-state index is 0.00841. The number of Topliss-reactive ketones (excluding diaryl/α,β-unsaturated/α-hetero) is 8. The van der Waals surface area contributed by atoms with E-state index in [1.165, 1.54) is 13.8 Å². The zero-order valence-corrected chi connectivity index (χ0v) is 53.3. The Labute approximate surface area is 509 Å². The average Bonchev–Trinajstić information content (AvgIpc) is 3.53. The molecule has 0 aliphatic rings. The van der Waals surface area contributed by atoms with Crippen LogP contribution in [0, 0.1) is 29.1 Å². The van der Waals surface area contributed by atoms with Crippen LogP contribution in [0.4, 0.5) is 0 Å². The van der Waals surface area contributed by atoms with Crippen LogP contribution in [-0.2, 0) is 100 Å². The lowest BCUT2D eigenvalue weighted by atomic mass is 9.89. The summed E-state index contributed by atoms with van der Waals surface area (Å²) in [6.45, 7) is 23.1. The molecule has 0 aromatic rings. The van der Waals surface area contributed by atoms with Crippen LogP contribution in [0.15, 0.2) is 0 Å². The fraction of sp³-hybridized carbons (Fsp3) is 0.803. The van der Waals surface area contributed by atoms with Gasteiger partial charge in [0.15, 0.2) is 23.1 Å². The van der Waals surface area contributed by atoms with Gasteiger partial charge in [-0.25, -0.2) is 0 Å². The van der Waals surface area contributed by atoms with Crippen molar-refractivity contribution in [2.75, 3.05) is 132 Å². The zero-order valence-electron chi connectivity index (χ0n) is 53.3. The molecule has 0 spiro atoms. The van der Waals surface area contributed by atoms with Crippen molar-refractivity contribution >= 4 is 70.0 Å². The highest BCUT2D eigenvalue weighted by Gasteiger charge is 2.23. The number of carbonyl (C=O) groups is 12. The topological polar surface area (TPSA) is 352 Å². The summed E-state index contributed by atoms with van der Waals surface area (Å²) < 4.78 is 47.6. The number of carbonyl (C=O) groups excluding carboxylic acids is 10. The van der Waals surface area contributed by atoms with E-state index in [9.17, 15) is 57.5 Å². The number of ether oxygens (including phenoxy) is 9. The molecule has 0 fully saturated rings. The van der Waals surface area contributed by atoms with E-state index in [0.29, 0.717) is 97.8 Å². The normalized spacial score (nSPS) is 11.8.